The van der Waals surface area contributed by atoms with Crippen molar-refractivity contribution >= 4 is 0 Å². The Balaban J connectivity index is 1.76. The van der Waals surface area contributed by atoms with Crippen LogP contribution in [0.2, 0.25) is 0 Å². The first-order valence-corrected chi connectivity index (χ1v) is 7.77. The Labute approximate surface area is 142 Å². The number of nitriles is 1. The molecule has 0 spiro atoms. The van der Waals surface area contributed by atoms with Crippen LogP contribution in [0.5, 0.6) is 11.5 Å². The molecule has 24 heavy (non-hydrogen) atoms. The first kappa shape index (κ1) is 17.8. The van der Waals surface area contributed by atoms with Crippen molar-refractivity contribution in [1.82, 2.24) is 5.32 Å². The van der Waals surface area contributed by atoms with Crippen LogP contribution in [0.15, 0.2) is 42.5 Å². The first-order valence-electron chi connectivity index (χ1n) is 7.77. The fourth-order valence-electron chi connectivity index (χ4n) is 2.29. The van der Waals surface area contributed by atoms with Gasteiger partial charge in [-0.25, -0.2) is 0 Å². The van der Waals surface area contributed by atoms with E-state index in [-0.39, 0.29) is 6.61 Å². The SMILES string of the molecule is COc1ccc(CNCC(O)COc2cccc(C)c2)cc1C#N. The van der Waals surface area contributed by atoms with E-state index in [1.54, 1.807) is 19.2 Å². The third-order valence-electron chi connectivity index (χ3n) is 3.53. The van der Waals surface area contributed by atoms with Gasteiger partial charge in [-0.3, -0.25) is 0 Å². The number of benzene rings is 2. The molecule has 2 aromatic carbocycles. The first-order chi connectivity index (χ1) is 11.6. The van der Waals surface area contributed by atoms with Gasteiger partial charge in [0, 0.05) is 13.1 Å². The fourth-order valence-corrected chi connectivity index (χ4v) is 2.29. The van der Waals surface area contributed by atoms with Crippen LogP contribution in [0, 0.1) is 18.3 Å². The number of nitrogens with one attached hydrogen (secondary N) is 1. The van der Waals surface area contributed by atoms with Crippen molar-refractivity contribution in [3.05, 3.63) is 59.2 Å². The van der Waals surface area contributed by atoms with Gasteiger partial charge < -0.3 is 19.9 Å². The molecule has 0 amide bonds. The summed E-state index contributed by atoms with van der Waals surface area (Å²) in [5.41, 5.74) is 2.58. The average molecular weight is 326 g/mol. The topological polar surface area (TPSA) is 74.5 Å². The van der Waals surface area contributed by atoms with E-state index < -0.39 is 6.10 Å². The van der Waals surface area contributed by atoms with Gasteiger partial charge in [-0.2, -0.15) is 5.26 Å². The number of hydrogen-bond donors (Lipinski definition) is 2. The van der Waals surface area contributed by atoms with Gasteiger partial charge in [0.1, 0.15) is 30.3 Å². The highest BCUT2D eigenvalue weighted by molar-refractivity contribution is 5.45. The van der Waals surface area contributed by atoms with Crippen LogP contribution in [0.1, 0.15) is 16.7 Å². The molecular weight excluding hydrogens is 304 g/mol. The molecule has 2 N–H and O–H groups in total. The highest BCUT2D eigenvalue weighted by Crippen LogP contribution is 2.18. The Kier molecular flexibility index (Phi) is 6.62. The minimum atomic E-state index is -0.612. The van der Waals surface area contributed by atoms with Crippen LogP contribution in [0.4, 0.5) is 0 Å². The highest BCUT2D eigenvalue weighted by atomic mass is 16.5. The fraction of sp³-hybridized carbons (Fsp3) is 0.316. The van der Waals surface area contributed by atoms with Crippen LogP contribution >= 0.6 is 0 Å². The van der Waals surface area contributed by atoms with Crippen molar-refractivity contribution in [3.63, 3.8) is 0 Å². The smallest absolute Gasteiger partial charge is 0.136 e. The van der Waals surface area contributed by atoms with Crippen molar-refractivity contribution in [1.29, 1.82) is 5.26 Å². The second-order valence-corrected chi connectivity index (χ2v) is 5.56. The molecule has 0 saturated heterocycles. The van der Waals surface area contributed by atoms with Gasteiger partial charge in [-0.15, -0.1) is 0 Å². The molecule has 0 fully saturated rings. The minimum Gasteiger partial charge on any atom is -0.495 e. The third-order valence-corrected chi connectivity index (χ3v) is 3.53. The molecule has 0 bridgehead atoms. The van der Waals surface area contributed by atoms with Crippen LogP contribution < -0.4 is 14.8 Å². The molecule has 0 aliphatic rings. The molecule has 5 heteroatoms. The second-order valence-electron chi connectivity index (χ2n) is 5.56. The van der Waals surface area contributed by atoms with Crippen LogP contribution in [0.25, 0.3) is 0 Å². The predicted octanol–water partition coefficient (Wildman–Crippen LogP) is 2.40. The molecule has 1 unspecified atom stereocenters. The lowest BCUT2D eigenvalue weighted by atomic mass is 10.1. The summed E-state index contributed by atoms with van der Waals surface area (Å²) in [7, 11) is 1.54. The summed E-state index contributed by atoms with van der Waals surface area (Å²) < 4.78 is 10.7. The second kappa shape index (κ2) is 8.92. The number of methoxy groups -OCH3 is 1. The van der Waals surface area contributed by atoms with Crippen molar-refractivity contribution in [3.8, 4) is 17.6 Å². The van der Waals surface area contributed by atoms with E-state index in [4.69, 9.17) is 14.7 Å². The Hall–Kier alpha value is -2.55. The Morgan fingerprint density at radius 1 is 1.25 bits per heavy atom. The monoisotopic (exact) mass is 326 g/mol. The molecule has 0 heterocycles. The molecular formula is C19H22N2O3. The van der Waals surface area contributed by atoms with E-state index in [1.807, 2.05) is 37.3 Å². The zero-order chi connectivity index (χ0) is 17.4. The van der Waals surface area contributed by atoms with Crippen LogP contribution in [0.3, 0.4) is 0 Å². The number of aliphatic hydroxyl groups excluding tert-OH is 1. The molecule has 0 aliphatic heterocycles. The van der Waals surface area contributed by atoms with Gasteiger partial charge in [0.15, 0.2) is 0 Å². The maximum absolute atomic E-state index is 9.98. The zero-order valence-corrected chi connectivity index (χ0v) is 14.0. The summed E-state index contributed by atoms with van der Waals surface area (Å²) in [6.45, 7) is 3.18. The number of nitrogens with zero attached hydrogens (tertiary/aromatic N) is 1. The van der Waals surface area contributed by atoms with E-state index in [2.05, 4.69) is 11.4 Å². The average Bonchev–Trinajstić information content (AvgIpc) is 2.60. The molecule has 0 saturated carbocycles. The Bertz CT molecular complexity index is 710. The summed E-state index contributed by atoms with van der Waals surface area (Å²) in [4.78, 5) is 0. The van der Waals surface area contributed by atoms with Crippen molar-refractivity contribution in [2.24, 2.45) is 0 Å². The number of rotatable bonds is 8. The minimum absolute atomic E-state index is 0.225. The largest absolute Gasteiger partial charge is 0.495 e. The van der Waals surface area contributed by atoms with Crippen LogP contribution in [-0.4, -0.2) is 31.5 Å². The summed E-state index contributed by atoms with van der Waals surface area (Å²) in [5.74, 6) is 1.32. The van der Waals surface area contributed by atoms with Crippen molar-refractivity contribution < 1.29 is 14.6 Å². The van der Waals surface area contributed by atoms with Crippen molar-refractivity contribution in [2.45, 2.75) is 19.6 Å². The summed E-state index contributed by atoms with van der Waals surface area (Å²) in [5, 5.41) is 22.2. The molecule has 1 atom stereocenters. The summed E-state index contributed by atoms with van der Waals surface area (Å²) >= 11 is 0. The van der Waals surface area contributed by atoms with Crippen molar-refractivity contribution in [2.75, 3.05) is 20.3 Å². The Morgan fingerprint density at radius 2 is 2.08 bits per heavy atom. The molecule has 2 rings (SSSR count). The third kappa shape index (κ3) is 5.27. The maximum Gasteiger partial charge on any atom is 0.136 e. The predicted molar refractivity (Wildman–Crippen MR) is 92.1 cm³/mol. The van der Waals surface area contributed by atoms with Gasteiger partial charge in [0.05, 0.1) is 12.7 Å². The van der Waals surface area contributed by atoms with Gasteiger partial charge in [-0.05, 0) is 42.3 Å². The van der Waals surface area contributed by atoms with E-state index in [0.29, 0.717) is 24.4 Å². The number of aliphatic hydroxyl groups is 1. The van der Waals surface area contributed by atoms with Gasteiger partial charge in [-0.1, -0.05) is 18.2 Å². The molecule has 0 aliphatic carbocycles. The number of aryl methyl sites for hydroxylation is 1. The maximum atomic E-state index is 9.98. The molecule has 5 nitrogen and oxygen atoms in total. The number of ether oxygens (including phenoxy) is 2. The Morgan fingerprint density at radius 3 is 2.79 bits per heavy atom. The lowest BCUT2D eigenvalue weighted by Crippen LogP contribution is -2.31. The summed E-state index contributed by atoms with van der Waals surface area (Å²) in [6.07, 6.45) is -0.612. The molecule has 126 valence electrons. The molecule has 0 aromatic heterocycles. The lowest BCUT2D eigenvalue weighted by molar-refractivity contribution is 0.106. The van der Waals surface area contributed by atoms with Gasteiger partial charge in [0.25, 0.3) is 0 Å². The van der Waals surface area contributed by atoms with E-state index >= 15 is 0 Å². The molecule has 0 radical (unpaired) electrons. The van der Waals surface area contributed by atoms with E-state index in [0.717, 1.165) is 16.9 Å². The normalized spacial score (nSPS) is 11.6. The van der Waals surface area contributed by atoms with E-state index in [1.165, 1.54) is 0 Å². The standard InChI is InChI=1S/C19H22N2O3/c1-14-4-3-5-18(8-14)24-13-17(22)12-21-11-15-6-7-19(23-2)16(9-15)10-20/h3-9,17,21-22H,11-13H2,1-2H3. The highest BCUT2D eigenvalue weighted by Gasteiger charge is 2.07. The summed E-state index contributed by atoms with van der Waals surface area (Å²) in [6, 6.07) is 15.3. The lowest BCUT2D eigenvalue weighted by Gasteiger charge is -2.14. The van der Waals surface area contributed by atoms with Gasteiger partial charge in [0.2, 0.25) is 0 Å². The molecule has 2 aromatic rings. The van der Waals surface area contributed by atoms with E-state index in [9.17, 15) is 5.11 Å². The van der Waals surface area contributed by atoms with Gasteiger partial charge >= 0.3 is 0 Å². The van der Waals surface area contributed by atoms with Crippen LogP contribution in [-0.2, 0) is 6.54 Å². The zero-order valence-electron chi connectivity index (χ0n) is 14.0. The quantitative estimate of drug-likeness (QED) is 0.779. The number of hydrogen-bond acceptors (Lipinski definition) is 5.